The van der Waals surface area contributed by atoms with E-state index in [1.807, 2.05) is 4.90 Å². The molecule has 1 amide bonds. The van der Waals surface area contributed by atoms with Gasteiger partial charge < -0.3 is 15.4 Å². The zero-order chi connectivity index (χ0) is 12.9. The van der Waals surface area contributed by atoms with E-state index in [0.29, 0.717) is 25.7 Å². The van der Waals surface area contributed by atoms with E-state index in [-0.39, 0.29) is 11.3 Å². The van der Waals surface area contributed by atoms with E-state index < -0.39 is 0 Å². The molecule has 0 spiro atoms. The van der Waals surface area contributed by atoms with Crippen molar-refractivity contribution in [3.8, 4) is 0 Å². The number of amides is 1. The number of carbonyl (C=O) groups excluding carboxylic acids is 1. The van der Waals surface area contributed by atoms with Crippen LogP contribution in [-0.2, 0) is 9.53 Å². The Labute approximate surface area is 104 Å². The van der Waals surface area contributed by atoms with Gasteiger partial charge in [-0.1, -0.05) is 13.8 Å². The molecule has 17 heavy (non-hydrogen) atoms. The van der Waals surface area contributed by atoms with Crippen LogP contribution in [0.15, 0.2) is 0 Å². The Bertz CT molecular complexity index is 240. The first-order valence-electron chi connectivity index (χ1n) is 6.65. The van der Waals surface area contributed by atoms with Gasteiger partial charge in [-0.25, -0.2) is 0 Å². The molecule has 0 unspecified atom stereocenters. The first kappa shape index (κ1) is 14.5. The average Bonchev–Trinajstić information content (AvgIpc) is 3.17. The van der Waals surface area contributed by atoms with E-state index in [1.165, 1.54) is 0 Å². The average molecular weight is 242 g/mol. The van der Waals surface area contributed by atoms with E-state index in [0.717, 1.165) is 25.7 Å². The molecule has 0 bridgehead atoms. The maximum Gasteiger partial charge on any atom is 0.230 e. The molecule has 4 nitrogen and oxygen atoms in total. The van der Waals surface area contributed by atoms with Gasteiger partial charge in [-0.05, 0) is 25.7 Å². The van der Waals surface area contributed by atoms with Crippen molar-refractivity contribution in [3.63, 3.8) is 0 Å². The van der Waals surface area contributed by atoms with Gasteiger partial charge in [0.15, 0.2) is 0 Å². The smallest absolute Gasteiger partial charge is 0.230 e. The molecule has 0 aliphatic heterocycles. The first-order chi connectivity index (χ1) is 8.15. The third kappa shape index (κ3) is 3.19. The second-order valence-corrected chi connectivity index (χ2v) is 4.91. The Kier molecular flexibility index (Phi) is 5.40. The Hall–Kier alpha value is -0.610. The van der Waals surface area contributed by atoms with Crippen LogP contribution in [0.2, 0.25) is 0 Å². The fraction of sp³-hybridized carbons (Fsp3) is 0.923. The van der Waals surface area contributed by atoms with Crippen LogP contribution in [0.5, 0.6) is 0 Å². The number of rotatable bonds is 8. The molecule has 0 aromatic rings. The van der Waals surface area contributed by atoms with Gasteiger partial charge in [-0.15, -0.1) is 0 Å². The van der Waals surface area contributed by atoms with E-state index in [4.69, 9.17) is 10.5 Å². The summed E-state index contributed by atoms with van der Waals surface area (Å²) in [6.45, 7) is 5.85. The van der Waals surface area contributed by atoms with Gasteiger partial charge in [-0.2, -0.15) is 0 Å². The quantitative estimate of drug-likeness (QED) is 0.700. The molecule has 2 N–H and O–H groups in total. The lowest BCUT2D eigenvalue weighted by molar-refractivity contribution is -0.143. The molecule has 1 aliphatic carbocycles. The van der Waals surface area contributed by atoms with E-state index in [2.05, 4.69) is 13.8 Å². The molecular weight excluding hydrogens is 216 g/mol. The lowest BCUT2D eigenvalue weighted by Gasteiger charge is -2.35. The minimum Gasteiger partial charge on any atom is -0.383 e. The van der Waals surface area contributed by atoms with Crippen LogP contribution in [0.4, 0.5) is 0 Å². The van der Waals surface area contributed by atoms with Gasteiger partial charge in [0, 0.05) is 26.2 Å². The van der Waals surface area contributed by atoms with Crippen LogP contribution >= 0.6 is 0 Å². The van der Waals surface area contributed by atoms with Crippen molar-refractivity contribution in [2.45, 2.75) is 45.6 Å². The molecule has 0 atom stereocenters. The maximum absolute atomic E-state index is 12.6. The summed E-state index contributed by atoms with van der Waals surface area (Å²) in [6.07, 6.45) is 3.89. The normalized spacial score (nSPS) is 16.0. The topological polar surface area (TPSA) is 55.6 Å². The summed E-state index contributed by atoms with van der Waals surface area (Å²) in [5, 5.41) is 0. The van der Waals surface area contributed by atoms with Crippen LogP contribution in [0.25, 0.3) is 0 Å². The summed E-state index contributed by atoms with van der Waals surface area (Å²) in [5.74, 6) is 0.226. The highest BCUT2D eigenvalue weighted by atomic mass is 16.5. The predicted molar refractivity (Wildman–Crippen MR) is 68.7 cm³/mol. The highest BCUT2D eigenvalue weighted by Crippen LogP contribution is 2.34. The second kappa shape index (κ2) is 6.36. The molecule has 1 rings (SSSR count). The minimum atomic E-state index is -0.365. The fourth-order valence-corrected chi connectivity index (χ4v) is 2.26. The van der Waals surface area contributed by atoms with E-state index >= 15 is 0 Å². The van der Waals surface area contributed by atoms with Crippen molar-refractivity contribution < 1.29 is 9.53 Å². The Morgan fingerprint density at radius 3 is 2.35 bits per heavy atom. The SMILES string of the molecule is CCC(CC)(CN)C(=O)N(CCOC)C1CC1. The molecule has 1 saturated carbocycles. The van der Waals surface area contributed by atoms with Crippen LogP contribution < -0.4 is 5.73 Å². The van der Waals surface area contributed by atoms with Gasteiger partial charge >= 0.3 is 0 Å². The van der Waals surface area contributed by atoms with Crippen LogP contribution in [-0.4, -0.2) is 43.7 Å². The molecule has 0 saturated heterocycles. The number of nitrogens with two attached hydrogens (primary N) is 1. The zero-order valence-electron chi connectivity index (χ0n) is 11.4. The Balaban J connectivity index is 2.74. The number of nitrogens with zero attached hydrogens (tertiary/aromatic N) is 1. The molecule has 0 aromatic heterocycles. The van der Waals surface area contributed by atoms with Crippen molar-refractivity contribution in [1.82, 2.24) is 4.90 Å². The third-order valence-electron chi connectivity index (χ3n) is 3.98. The summed E-state index contributed by atoms with van der Waals surface area (Å²) in [6, 6.07) is 0.432. The highest BCUT2D eigenvalue weighted by molar-refractivity contribution is 5.83. The van der Waals surface area contributed by atoms with Gasteiger partial charge in [0.2, 0.25) is 5.91 Å². The molecule has 1 fully saturated rings. The predicted octanol–water partition coefficient (Wildman–Crippen LogP) is 1.39. The standard InChI is InChI=1S/C13H26N2O2/c1-4-13(5-2,10-14)12(16)15(8-9-17-3)11-6-7-11/h11H,4-10,14H2,1-3H3. The van der Waals surface area contributed by atoms with Crippen molar-refractivity contribution in [3.05, 3.63) is 0 Å². The second-order valence-electron chi connectivity index (χ2n) is 4.91. The Morgan fingerprint density at radius 1 is 1.41 bits per heavy atom. The molecular formula is C13H26N2O2. The van der Waals surface area contributed by atoms with Gasteiger partial charge in [0.05, 0.1) is 12.0 Å². The molecule has 0 aromatic carbocycles. The van der Waals surface area contributed by atoms with Crippen LogP contribution in [0.1, 0.15) is 39.5 Å². The van der Waals surface area contributed by atoms with Crippen molar-refractivity contribution in [1.29, 1.82) is 0 Å². The summed E-state index contributed by atoms with van der Waals surface area (Å²) in [5.41, 5.74) is 5.47. The monoisotopic (exact) mass is 242 g/mol. The minimum absolute atomic E-state index is 0.226. The number of hydrogen-bond donors (Lipinski definition) is 1. The molecule has 4 heteroatoms. The zero-order valence-corrected chi connectivity index (χ0v) is 11.4. The first-order valence-corrected chi connectivity index (χ1v) is 6.65. The summed E-state index contributed by atoms with van der Waals surface area (Å²) < 4.78 is 5.09. The third-order valence-corrected chi connectivity index (χ3v) is 3.98. The highest BCUT2D eigenvalue weighted by Gasteiger charge is 2.42. The fourth-order valence-electron chi connectivity index (χ4n) is 2.26. The van der Waals surface area contributed by atoms with E-state index in [1.54, 1.807) is 7.11 Å². The summed E-state index contributed by atoms with van der Waals surface area (Å²) >= 11 is 0. The summed E-state index contributed by atoms with van der Waals surface area (Å²) in [4.78, 5) is 14.6. The Morgan fingerprint density at radius 2 is 2.00 bits per heavy atom. The van der Waals surface area contributed by atoms with Gasteiger partial charge in [-0.3, -0.25) is 4.79 Å². The van der Waals surface area contributed by atoms with Crippen molar-refractivity contribution >= 4 is 5.91 Å². The summed E-state index contributed by atoms with van der Waals surface area (Å²) in [7, 11) is 1.67. The molecule has 100 valence electrons. The molecule has 1 aliphatic rings. The molecule has 0 heterocycles. The van der Waals surface area contributed by atoms with E-state index in [9.17, 15) is 4.79 Å². The number of methoxy groups -OCH3 is 1. The lowest BCUT2D eigenvalue weighted by atomic mass is 9.81. The van der Waals surface area contributed by atoms with Gasteiger partial charge in [0.25, 0.3) is 0 Å². The number of carbonyl (C=O) groups is 1. The number of ether oxygens (including phenoxy) is 1. The maximum atomic E-state index is 12.6. The largest absolute Gasteiger partial charge is 0.383 e. The van der Waals surface area contributed by atoms with Gasteiger partial charge in [0.1, 0.15) is 0 Å². The number of hydrogen-bond acceptors (Lipinski definition) is 3. The molecule has 0 radical (unpaired) electrons. The van der Waals surface area contributed by atoms with Crippen molar-refractivity contribution in [2.75, 3.05) is 26.8 Å². The van der Waals surface area contributed by atoms with Crippen LogP contribution in [0.3, 0.4) is 0 Å². The lowest BCUT2D eigenvalue weighted by Crippen LogP contribution is -2.49. The van der Waals surface area contributed by atoms with Crippen molar-refractivity contribution in [2.24, 2.45) is 11.1 Å². The van der Waals surface area contributed by atoms with Crippen LogP contribution in [0, 0.1) is 5.41 Å².